The van der Waals surface area contributed by atoms with Gasteiger partial charge in [-0.25, -0.2) is 0 Å². The molecule has 1 atom stereocenters. The maximum absolute atomic E-state index is 3.55. The third kappa shape index (κ3) is 7.24. The minimum Gasteiger partial charge on any atom is -0.313 e. The first-order chi connectivity index (χ1) is 7.13. The fourth-order valence-corrected chi connectivity index (χ4v) is 2.12. The van der Waals surface area contributed by atoms with Crippen LogP contribution in [-0.4, -0.2) is 37.1 Å². The van der Waals surface area contributed by atoms with Crippen molar-refractivity contribution in [3.05, 3.63) is 0 Å². The Morgan fingerprint density at radius 1 is 1.06 bits per heavy atom. The van der Waals surface area contributed by atoms with E-state index in [0.717, 1.165) is 13.1 Å². The maximum atomic E-state index is 3.55. The molecule has 0 aromatic heterocycles. The van der Waals surface area contributed by atoms with Gasteiger partial charge in [0.1, 0.15) is 0 Å². The van der Waals surface area contributed by atoms with E-state index >= 15 is 0 Å². The van der Waals surface area contributed by atoms with Crippen LogP contribution in [0.1, 0.15) is 48.5 Å². The van der Waals surface area contributed by atoms with Gasteiger partial charge in [-0.2, -0.15) is 0 Å². The van der Waals surface area contributed by atoms with Gasteiger partial charge < -0.3 is 10.2 Å². The molecule has 16 heavy (non-hydrogen) atoms. The number of nitrogens with zero attached hydrogens (tertiary/aromatic N) is 1. The van der Waals surface area contributed by atoms with E-state index in [1.165, 1.54) is 0 Å². The number of likely N-dealkylation sites (N-methyl/N-ethyl adjacent to an activating group) is 1. The Hall–Kier alpha value is -0.0800. The molecule has 1 N–H and O–H groups in total. The SMILES string of the molecule is CC(C)NCC(C(C)C)N(C)CC(C)(C)C. The van der Waals surface area contributed by atoms with Gasteiger partial charge in [0.15, 0.2) is 0 Å². The summed E-state index contributed by atoms with van der Waals surface area (Å²) < 4.78 is 0. The third-order valence-corrected chi connectivity index (χ3v) is 2.79. The molecule has 0 fully saturated rings. The second kappa shape index (κ2) is 6.61. The molecule has 98 valence electrons. The molecule has 0 aromatic rings. The van der Waals surface area contributed by atoms with Gasteiger partial charge in [-0.15, -0.1) is 0 Å². The van der Waals surface area contributed by atoms with Crippen molar-refractivity contribution in [1.29, 1.82) is 0 Å². The number of rotatable bonds is 6. The highest BCUT2D eigenvalue weighted by Gasteiger charge is 2.22. The fourth-order valence-electron chi connectivity index (χ4n) is 2.12. The predicted molar refractivity (Wildman–Crippen MR) is 73.8 cm³/mol. The van der Waals surface area contributed by atoms with E-state index in [0.29, 0.717) is 23.4 Å². The van der Waals surface area contributed by atoms with Crippen LogP contribution in [0.15, 0.2) is 0 Å². The Morgan fingerprint density at radius 2 is 1.56 bits per heavy atom. The van der Waals surface area contributed by atoms with E-state index in [-0.39, 0.29) is 0 Å². The highest BCUT2D eigenvalue weighted by Crippen LogP contribution is 2.18. The second-order valence-corrected chi connectivity index (χ2v) is 6.85. The molecule has 0 amide bonds. The summed E-state index contributed by atoms with van der Waals surface area (Å²) in [6.07, 6.45) is 0. The van der Waals surface area contributed by atoms with Crippen molar-refractivity contribution in [3.8, 4) is 0 Å². The van der Waals surface area contributed by atoms with Crippen LogP contribution in [0.4, 0.5) is 0 Å². The maximum Gasteiger partial charge on any atom is 0.0240 e. The van der Waals surface area contributed by atoms with Crippen molar-refractivity contribution in [2.45, 2.75) is 60.5 Å². The molecule has 1 unspecified atom stereocenters. The summed E-state index contributed by atoms with van der Waals surface area (Å²) in [6.45, 7) is 18.2. The smallest absolute Gasteiger partial charge is 0.0240 e. The molecule has 2 nitrogen and oxygen atoms in total. The van der Waals surface area contributed by atoms with Crippen molar-refractivity contribution >= 4 is 0 Å². The zero-order valence-electron chi connectivity index (χ0n) is 12.6. The Morgan fingerprint density at radius 3 is 1.88 bits per heavy atom. The average Bonchev–Trinajstić information content (AvgIpc) is 1.98. The molecule has 0 aromatic carbocycles. The van der Waals surface area contributed by atoms with Crippen LogP contribution in [-0.2, 0) is 0 Å². The first-order valence-electron chi connectivity index (χ1n) is 6.57. The molecule has 0 bridgehead atoms. The molecule has 0 aliphatic carbocycles. The molecular weight excluding hydrogens is 196 g/mol. The molecule has 0 aliphatic rings. The first-order valence-corrected chi connectivity index (χ1v) is 6.57. The summed E-state index contributed by atoms with van der Waals surface area (Å²) in [4.78, 5) is 2.50. The standard InChI is InChI=1S/C14H32N2/c1-11(2)13(9-15-12(3)4)16(8)10-14(5,6)7/h11-13,15H,9-10H2,1-8H3. The topological polar surface area (TPSA) is 15.3 Å². The van der Waals surface area contributed by atoms with E-state index in [9.17, 15) is 0 Å². The zero-order valence-corrected chi connectivity index (χ0v) is 12.6. The van der Waals surface area contributed by atoms with Gasteiger partial charge in [-0.05, 0) is 18.4 Å². The lowest BCUT2D eigenvalue weighted by atomic mass is 9.93. The molecule has 0 rings (SSSR count). The lowest BCUT2D eigenvalue weighted by Crippen LogP contribution is -2.47. The Balaban J connectivity index is 4.30. The highest BCUT2D eigenvalue weighted by atomic mass is 15.2. The predicted octanol–water partition coefficient (Wildman–Crippen LogP) is 2.99. The molecule has 0 saturated heterocycles. The number of hydrogen-bond donors (Lipinski definition) is 1. The van der Waals surface area contributed by atoms with Crippen molar-refractivity contribution in [2.24, 2.45) is 11.3 Å². The third-order valence-electron chi connectivity index (χ3n) is 2.79. The monoisotopic (exact) mass is 228 g/mol. The van der Waals surface area contributed by atoms with Gasteiger partial charge in [-0.1, -0.05) is 48.5 Å². The lowest BCUT2D eigenvalue weighted by molar-refractivity contribution is 0.135. The summed E-state index contributed by atoms with van der Waals surface area (Å²) in [5.41, 5.74) is 0.375. The van der Waals surface area contributed by atoms with Gasteiger partial charge in [0.25, 0.3) is 0 Å². The summed E-state index contributed by atoms with van der Waals surface area (Å²) >= 11 is 0. The number of hydrogen-bond acceptors (Lipinski definition) is 2. The Kier molecular flexibility index (Phi) is 6.57. The van der Waals surface area contributed by atoms with E-state index in [2.05, 4.69) is 65.7 Å². The van der Waals surface area contributed by atoms with Crippen LogP contribution in [0, 0.1) is 11.3 Å². The zero-order chi connectivity index (χ0) is 12.9. The molecule has 0 aliphatic heterocycles. The lowest BCUT2D eigenvalue weighted by Gasteiger charge is -2.36. The van der Waals surface area contributed by atoms with Crippen molar-refractivity contribution in [1.82, 2.24) is 10.2 Å². The quantitative estimate of drug-likeness (QED) is 0.752. The van der Waals surface area contributed by atoms with Gasteiger partial charge in [0, 0.05) is 25.2 Å². The van der Waals surface area contributed by atoms with Gasteiger partial charge in [0.05, 0.1) is 0 Å². The van der Waals surface area contributed by atoms with Crippen molar-refractivity contribution in [2.75, 3.05) is 20.1 Å². The van der Waals surface area contributed by atoms with Gasteiger partial charge in [0.2, 0.25) is 0 Å². The van der Waals surface area contributed by atoms with Crippen LogP contribution >= 0.6 is 0 Å². The summed E-state index contributed by atoms with van der Waals surface area (Å²) in [5.74, 6) is 0.693. The van der Waals surface area contributed by atoms with Crippen molar-refractivity contribution < 1.29 is 0 Å². The normalized spacial score (nSPS) is 15.2. The largest absolute Gasteiger partial charge is 0.313 e. The van der Waals surface area contributed by atoms with Crippen LogP contribution in [0.25, 0.3) is 0 Å². The van der Waals surface area contributed by atoms with Gasteiger partial charge in [-0.3, -0.25) is 0 Å². The minimum absolute atomic E-state index is 0.375. The molecular formula is C14H32N2. The summed E-state index contributed by atoms with van der Waals surface area (Å²) in [7, 11) is 2.25. The molecule has 0 radical (unpaired) electrons. The molecule has 0 saturated carbocycles. The first kappa shape index (κ1) is 15.9. The minimum atomic E-state index is 0.375. The number of nitrogens with one attached hydrogen (secondary N) is 1. The Bertz CT molecular complexity index is 180. The van der Waals surface area contributed by atoms with Crippen LogP contribution in [0.2, 0.25) is 0 Å². The summed E-state index contributed by atoms with van der Waals surface area (Å²) in [6, 6.07) is 1.20. The fraction of sp³-hybridized carbons (Fsp3) is 1.00. The van der Waals surface area contributed by atoms with Crippen LogP contribution in [0.5, 0.6) is 0 Å². The molecule has 0 spiro atoms. The molecule has 2 heteroatoms. The van der Waals surface area contributed by atoms with Crippen LogP contribution in [0.3, 0.4) is 0 Å². The van der Waals surface area contributed by atoms with E-state index in [1.54, 1.807) is 0 Å². The van der Waals surface area contributed by atoms with E-state index in [4.69, 9.17) is 0 Å². The average molecular weight is 228 g/mol. The van der Waals surface area contributed by atoms with Crippen molar-refractivity contribution in [3.63, 3.8) is 0 Å². The van der Waals surface area contributed by atoms with E-state index < -0.39 is 0 Å². The van der Waals surface area contributed by atoms with E-state index in [1.807, 2.05) is 0 Å². The summed E-state index contributed by atoms with van der Waals surface area (Å²) in [5, 5.41) is 3.55. The second-order valence-electron chi connectivity index (χ2n) is 6.85. The molecule has 0 heterocycles. The Labute approximate surface area is 103 Å². The highest BCUT2D eigenvalue weighted by molar-refractivity contribution is 4.79. The van der Waals surface area contributed by atoms with Crippen LogP contribution < -0.4 is 5.32 Å². The van der Waals surface area contributed by atoms with Gasteiger partial charge >= 0.3 is 0 Å².